The average molecular weight is 378 g/mol. The van der Waals surface area contributed by atoms with Gasteiger partial charge in [0.05, 0.1) is 18.4 Å². The number of halogens is 3. The standard InChI is InChI=1S/C15H10ClF2NO.C5H8O/c1-20-13-5-4-11(18)14(15(13)16)10-7-19-12-6-8(17)2-3-9(10)12;6-4-5-2-1-3-5/h2-7,19H,1H3;4,6H,1-3H2. The van der Waals surface area contributed by atoms with Crippen LogP contribution in [0.4, 0.5) is 8.78 Å². The van der Waals surface area contributed by atoms with Gasteiger partial charge in [0.15, 0.2) is 0 Å². The van der Waals surface area contributed by atoms with Gasteiger partial charge in [-0.05, 0) is 55.2 Å². The molecule has 0 unspecified atom stereocenters. The molecule has 26 heavy (non-hydrogen) atoms. The van der Waals surface area contributed by atoms with Gasteiger partial charge in [0, 0.05) is 28.2 Å². The van der Waals surface area contributed by atoms with Crippen molar-refractivity contribution in [3.8, 4) is 16.9 Å². The molecule has 0 atom stereocenters. The predicted octanol–water partition coefficient (Wildman–Crippen LogP) is 6.39. The van der Waals surface area contributed by atoms with Gasteiger partial charge in [-0.3, -0.25) is 0 Å². The SMILES string of the molecule is COc1ccc(F)c(-c2c[nH]c3cc(F)ccc23)c1Cl.OC=C1CCC1. The van der Waals surface area contributed by atoms with E-state index in [2.05, 4.69) is 4.98 Å². The van der Waals surface area contributed by atoms with Gasteiger partial charge in [-0.15, -0.1) is 0 Å². The van der Waals surface area contributed by atoms with Crippen LogP contribution < -0.4 is 4.74 Å². The van der Waals surface area contributed by atoms with Gasteiger partial charge in [0.25, 0.3) is 0 Å². The number of aliphatic hydroxyl groups is 1. The highest BCUT2D eigenvalue weighted by atomic mass is 35.5. The van der Waals surface area contributed by atoms with Crippen molar-refractivity contribution in [3.05, 3.63) is 65.0 Å². The van der Waals surface area contributed by atoms with Crippen LogP contribution in [0.2, 0.25) is 5.02 Å². The molecular formula is C20H18ClF2NO2. The summed E-state index contributed by atoms with van der Waals surface area (Å²) in [5.41, 5.74) is 2.60. The predicted molar refractivity (Wildman–Crippen MR) is 99.8 cm³/mol. The highest BCUT2D eigenvalue weighted by molar-refractivity contribution is 6.35. The summed E-state index contributed by atoms with van der Waals surface area (Å²) in [4.78, 5) is 2.91. The second-order valence-corrected chi connectivity index (χ2v) is 6.35. The molecule has 0 saturated heterocycles. The van der Waals surface area contributed by atoms with Crippen LogP contribution in [0.1, 0.15) is 19.3 Å². The van der Waals surface area contributed by atoms with Gasteiger partial charge in [-0.1, -0.05) is 11.6 Å². The summed E-state index contributed by atoms with van der Waals surface area (Å²) in [6, 6.07) is 7.03. The molecular weight excluding hydrogens is 360 g/mol. The van der Waals surface area contributed by atoms with Gasteiger partial charge in [-0.25, -0.2) is 8.78 Å². The highest BCUT2D eigenvalue weighted by Gasteiger charge is 2.17. The lowest BCUT2D eigenvalue weighted by Gasteiger charge is -2.12. The second kappa shape index (κ2) is 7.79. The Labute approximate surface area is 154 Å². The van der Waals surface area contributed by atoms with E-state index in [4.69, 9.17) is 21.4 Å². The van der Waals surface area contributed by atoms with E-state index in [0.29, 0.717) is 22.2 Å². The first-order valence-corrected chi connectivity index (χ1v) is 8.54. The summed E-state index contributed by atoms with van der Waals surface area (Å²) in [6.07, 6.45) is 6.34. The Morgan fingerprint density at radius 3 is 2.54 bits per heavy atom. The molecule has 3 aromatic rings. The third-order valence-corrected chi connectivity index (χ3v) is 4.74. The van der Waals surface area contributed by atoms with E-state index in [0.717, 1.165) is 12.8 Å². The van der Waals surface area contributed by atoms with Crippen LogP contribution in [0.3, 0.4) is 0 Å². The summed E-state index contributed by atoms with van der Waals surface area (Å²) in [6.45, 7) is 0. The van der Waals surface area contributed by atoms with E-state index in [9.17, 15) is 8.78 Å². The van der Waals surface area contributed by atoms with Crippen LogP contribution in [0.15, 0.2) is 48.4 Å². The Kier molecular flexibility index (Phi) is 5.47. The third-order valence-electron chi connectivity index (χ3n) is 4.37. The van der Waals surface area contributed by atoms with E-state index >= 15 is 0 Å². The fourth-order valence-corrected chi connectivity index (χ4v) is 3.09. The van der Waals surface area contributed by atoms with E-state index < -0.39 is 5.82 Å². The van der Waals surface area contributed by atoms with Crippen molar-refractivity contribution in [1.82, 2.24) is 4.98 Å². The summed E-state index contributed by atoms with van der Waals surface area (Å²) in [7, 11) is 1.47. The van der Waals surface area contributed by atoms with Crippen molar-refractivity contribution < 1.29 is 18.6 Å². The minimum absolute atomic E-state index is 0.192. The molecule has 2 N–H and O–H groups in total. The normalized spacial score (nSPS) is 13.0. The number of aliphatic hydroxyl groups excluding tert-OH is 1. The molecule has 6 heteroatoms. The van der Waals surface area contributed by atoms with Crippen molar-refractivity contribution in [2.45, 2.75) is 19.3 Å². The first-order valence-electron chi connectivity index (χ1n) is 8.16. The van der Waals surface area contributed by atoms with Gasteiger partial charge >= 0.3 is 0 Å². The lowest BCUT2D eigenvalue weighted by atomic mass is 9.94. The van der Waals surface area contributed by atoms with Crippen molar-refractivity contribution in [3.63, 3.8) is 0 Å². The molecule has 1 saturated carbocycles. The Bertz CT molecular complexity index is 960. The van der Waals surface area contributed by atoms with Crippen LogP contribution in [-0.2, 0) is 0 Å². The second-order valence-electron chi connectivity index (χ2n) is 5.97. The minimum atomic E-state index is -0.457. The largest absolute Gasteiger partial charge is 0.516 e. The molecule has 1 aliphatic rings. The topological polar surface area (TPSA) is 45.2 Å². The number of methoxy groups -OCH3 is 1. The number of H-pyrrole nitrogens is 1. The summed E-state index contributed by atoms with van der Waals surface area (Å²) in [5.74, 6) is -0.427. The monoisotopic (exact) mass is 377 g/mol. The number of aromatic amines is 1. The van der Waals surface area contributed by atoms with Crippen molar-refractivity contribution >= 4 is 22.5 Å². The number of ether oxygens (including phenoxy) is 1. The molecule has 1 aromatic heterocycles. The number of nitrogens with one attached hydrogen (secondary N) is 1. The van der Waals surface area contributed by atoms with Gasteiger partial charge in [-0.2, -0.15) is 0 Å². The number of aromatic nitrogens is 1. The zero-order valence-corrected chi connectivity index (χ0v) is 14.9. The van der Waals surface area contributed by atoms with E-state index in [1.807, 2.05) is 0 Å². The van der Waals surface area contributed by atoms with Crippen molar-refractivity contribution in [1.29, 1.82) is 0 Å². The zero-order valence-electron chi connectivity index (χ0n) is 14.2. The first kappa shape index (κ1) is 18.3. The van der Waals surface area contributed by atoms with Crippen LogP contribution in [0, 0.1) is 11.6 Å². The van der Waals surface area contributed by atoms with Gasteiger partial charge in [0.1, 0.15) is 17.4 Å². The Morgan fingerprint density at radius 2 is 1.96 bits per heavy atom. The number of allylic oxidation sites excluding steroid dienone is 1. The van der Waals surface area contributed by atoms with E-state index in [1.165, 1.54) is 49.6 Å². The number of hydrogen-bond donors (Lipinski definition) is 2. The quantitative estimate of drug-likeness (QED) is 0.508. The molecule has 1 aliphatic carbocycles. The lowest BCUT2D eigenvalue weighted by molar-refractivity contribution is 0.414. The molecule has 1 heterocycles. The molecule has 0 bridgehead atoms. The van der Waals surface area contributed by atoms with Crippen molar-refractivity contribution in [2.75, 3.05) is 7.11 Å². The maximum Gasteiger partial charge on any atom is 0.138 e. The maximum absolute atomic E-state index is 14.1. The first-order chi connectivity index (χ1) is 12.5. The third kappa shape index (κ3) is 3.53. The number of fused-ring (bicyclic) bond motifs is 1. The van der Waals surface area contributed by atoms with Crippen molar-refractivity contribution in [2.24, 2.45) is 0 Å². The molecule has 1 fully saturated rings. The van der Waals surface area contributed by atoms with Crippen LogP contribution in [-0.4, -0.2) is 17.2 Å². The summed E-state index contributed by atoms with van der Waals surface area (Å²) in [5, 5.41) is 9.11. The Hall–Kier alpha value is -2.53. The number of rotatable bonds is 2. The molecule has 136 valence electrons. The molecule has 0 amide bonds. The smallest absolute Gasteiger partial charge is 0.138 e. The number of benzene rings is 2. The molecule has 2 aromatic carbocycles. The molecule has 0 aliphatic heterocycles. The minimum Gasteiger partial charge on any atom is -0.516 e. The lowest BCUT2D eigenvalue weighted by Crippen LogP contribution is -1.94. The van der Waals surface area contributed by atoms with Gasteiger partial charge < -0.3 is 14.8 Å². The van der Waals surface area contributed by atoms with E-state index in [1.54, 1.807) is 12.3 Å². The Balaban J connectivity index is 0.000000278. The fraction of sp³-hybridized carbons (Fsp3) is 0.200. The highest BCUT2D eigenvalue weighted by Crippen LogP contribution is 2.40. The molecule has 4 rings (SSSR count). The number of hydrogen-bond acceptors (Lipinski definition) is 2. The maximum atomic E-state index is 14.1. The average Bonchev–Trinajstić information content (AvgIpc) is 2.97. The molecule has 3 nitrogen and oxygen atoms in total. The van der Waals surface area contributed by atoms with Gasteiger partial charge in [0.2, 0.25) is 0 Å². The molecule has 0 radical (unpaired) electrons. The fourth-order valence-electron chi connectivity index (χ4n) is 2.75. The Morgan fingerprint density at radius 1 is 1.19 bits per heavy atom. The van der Waals surface area contributed by atoms with Crippen LogP contribution >= 0.6 is 11.6 Å². The summed E-state index contributed by atoms with van der Waals surface area (Å²) < 4.78 is 32.4. The summed E-state index contributed by atoms with van der Waals surface area (Å²) >= 11 is 6.18. The van der Waals surface area contributed by atoms with Crippen LogP contribution in [0.5, 0.6) is 5.75 Å². The van der Waals surface area contributed by atoms with Crippen LogP contribution in [0.25, 0.3) is 22.0 Å². The molecule has 0 spiro atoms. The zero-order chi connectivity index (χ0) is 18.7. The van der Waals surface area contributed by atoms with E-state index in [-0.39, 0.29) is 16.4 Å².